The molecule has 1 heterocycles. The molecule has 110 valence electrons. The molecule has 20 heavy (non-hydrogen) atoms. The van der Waals surface area contributed by atoms with Crippen molar-refractivity contribution in [1.82, 2.24) is 9.96 Å². The lowest BCUT2D eigenvalue weighted by Crippen LogP contribution is -2.68. The fourth-order valence-electron chi connectivity index (χ4n) is 2.79. The number of carbonyl (C=O) groups excluding carboxylic acids is 1. The molecule has 2 rings (SSSR count). The Kier molecular flexibility index (Phi) is 4.30. The Morgan fingerprint density at radius 3 is 2.80 bits per heavy atom. The van der Waals surface area contributed by atoms with Gasteiger partial charge in [0.2, 0.25) is 0 Å². The van der Waals surface area contributed by atoms with Gasteiger partial charge in [0.25, 0.3) is 0 Å². The lowest BCUT2D eigenvalue weighted by Gasteiger charge is -2.44. The van der Waals surface area contributed by atoms with Gasteiger partial charge in [0, 0.05) is 19.1 Å². The topological polar surface area (TPSA) is 47.6 Å². The van der Waals surface area contributed by atoms with Crippen LogP contribution in [0.5, 0.6) is 5.75 Å². The molecule has 0 amide bonds. The second-order valence-electron chi connectivity index (χ2n) is 5.42. The van der Waals surface area contributed by atoms with Crippen LogP contribution in [0.25, 0.3) is 0 Å². The van der Waals surface area contributed by atoms with Crippen LogP contribution in [0.3, 0.4) is 0 Å². The molecule has 1 fully saturated rings. The van der Waals surface area contributed by atoms with Crippen molar-refractivity contribution in [3.8, 4) is 5.75 Å². The third-order valence-corrected chi connectivity index (χ3v) is 3.80. The Balaban J connectivity index is 2.46. The van der Waals surface area contributed by atoms with Crippen LogP contribution < -0.4 is 14.7 Å². The number of ether oxygens (including phenoxy) is 1. The van der Waals surface area contributed by atoms with Crippen molar-refractivity contribution >= 4 is 11.7 Å². The highest BCUT2D eigenvalue weighted by Gasteiger charge is 2.46. The molecule has 0 saturated carbocycles. The summed E-state index contributed by atoms with van der Waals surface area (Å²) in [4.78, 5) is 17.4. The summed E-state index contributed by atoms with van der Waals surface area (Å²) in [7, 11) is 1.64. The molecular formula is C15H23N2O3+. The number of hydrogen-bond donors (Lipinski definition) is 1. The Bertz CT molecular complexity index is 492. The summed E-state index contributed by atoms with van der Waals surface area (Å²) in [6, 6.07) is 8.16. The zero-order chi connectivity index (χ0) is 14.8. The highest BCUT2D eigenvalue weighted by Crippen LogP contribution is 2.32. The molecular weight excluding hydrogens is 256 g/mol. The fourth-order valence-corrected chi connectivity index (χ4v) is 2.79. The second kappa shape index (κ2) is 5.81. The Labute approximate surface area is 120 Å². The van der Waals surface area contributed by atoms with E-state index in [1.807, 2.05) is 24.3 Å². The van der Waals surface area contributed by atoms with E-state index in [0.29, 0.717) is 6.54 Å². The highest BCUT2D eigenvalue weighted by molar-refractivity contribution is 5.67. The number of quaternary nitrogens is 1. The first-order valence-corrected chi connectivity index (χ1v) is 6.94. The molecule has 0 bridgehead atoms. The van der Waals surface area contributed by atoms with Gasteiger partial charge >= 0.3 is 5.97 Å². The Morgan fingerprint density at radius 1 is 1.40 bits per heavy atom. The van der Waals surface area contributed by atoms with Crippen LogP contribution in [0.2, 0.25) is 0 Å². The molecule has 0 aromatic heterocycles. The molecule has 1 N–H and O–H groups in total. The summed E-state index contributed by atoms with van der Waals surface area (Å²) in [5.41, 5.74) is 0.945. The Hall–Kier alpha value is -1.59. The van der Waals surface area contributed by atoms with Crippen LogP contribution in [0, 0.1) is 0 Å². The normalized spacial score (nSPS) is 29.8. The van der Waals surface area contributed by atoms with Crippen LogP contribution in [0.1, 0.15) is 20.8 Å². The van der Waals surface area contributed by atoms with E-state index in [0.717, 1.165) is 18.0 Å². The molecule has 1 saturated heterocycles. The quantitative estimate of drug-likeness (QED) is 0.858. The van der Waals surface area contributed by atoms with Gasteiger partial charge in [0.1, 0.15) is 18.3 Å². The standard InChI is InChI=1S/C15H23N2O3/c1-11-10-17(20-13(3)18,12(2)9-16-11)14-6-5-7-15(8-14)19-4/h5-8,11-12,16H,9-10H2,1-4H3/q+1/t11-,12+,17?/m0/s1. The zero-order valence-electron chi connectivity index (χ0n) is 12.6. The number of hydrogen-bond acceptors (Lipinski definition) is 4. The van der Waals surface area contributed by atoms with Gasteiger partial charge in [-0.3, -0.25) is 4.84 Å². The summed E-state index contributed by atoms with van der Waals surface area (Å²) >= 11 is 0. The van der Waals surface area contributed by atoms with E-state index in [9.17, 15) is 4.79 Å². The van der Waals surface area contributed by atoms with Crippen molar-refractivity contribution in [2.75, 3.05) is 20.2 Å². The molecule has 0 aliphatic carbocycles. The van der Waals surface area contributed by atoms with E-state index in [2.05, 4.69) is 19.2 Å². The predicted octanol–water partition coefficient (Wildman–Crippen LogP) is 1.86. The van der Waals surface area contributed by atoms with Crippen molar-refractivity contribution in [3.63, 3.8) is 0 Å². The first-order valence-electron chi connectivity index (χ1n) is 6.94. The second-order valence-corrected chi connectivity index (χ2v) is 5.42. The first kappa shape index (κ1) is 14.8. The van der Waals surface area contributed by atoms with E-state index in [-0.39, 0.29) is 22.7 Å². The smallest absolute Gasteiger partial charge is 0.364 e. The number of nitrogens with zero attached hydrogens (tertiary/aromatic N) is 1. The van der Waals surface area contributed by atoms with E-state index in [1.54, 1.807) is 7.11 Å². The molecule has 0 radical (unpaired) electrons. The third-order valence-electron chi connectivity index (χ3n) is 3.80. The third kappa shape index (κ3) is 2.78. The van der Waals surface area contributed by atoms with Gasteiger partial charge in [-0.05, 0) is 19.9 Å². The van der Waals surface area contributed by atoms with Crippen molar-refractivity contribution in [1.29, 1.82) is 0 Å². The molecule has 1 unspecified atom stereocenters. The molecule has 1 aromatic rings. The number of nitrogens with one attached hydrogen (secondary N) is 1. The molecule has 1 aromatic carbocycles. The summed E-state index contributed by atoms with van der Waals surface area (Å²) in [5, 5.41) is 3.42. The maximum Gasteiger partial charge on any atom is 0.364 e. The van der Waals surface area contributed by atoms with Gasteiger partial charge in [-0.1, -0.05) is 10.7 Å². The molecule has 1 aliphatic rings. The van der Waals surface area contributed by atoms with Crippen LogP contribution in [-0.4, -0.2) is 38.3 Å². The van der Waals surface area contributed by atoms with Gasteiger partial charge in [-0.25, -0.2) is 4.79 Å². The van der Waals surface area contributed by atoms with E-state index in [1.165, 1.54) is 6.92 Å². The lowest BCUT2D eigenvalue weighted by molar-refractivity contribution is -0.198. The van der Waals surface area contributed by atoms with Gasteiger partial charge in [0.05, 0.1) is 19.7 Å². The van der Waals surface area contributed by atoms with E-state index in [4.69, 9.17) is 9.57 Å². The molecule has 5 nitrogen and oxygen atoms in total. The SMILES string of the molecule is COc1cccc([N+]2(OC(C)=O)C[C@H](C)NC[C@H]2C)c1. The van der Waals surface area contributed by atoms with Crippen molar-refractivity contribution in [3.05, 3.63) is 24.3 Å². The number of benzene rings is 1. The van der Waals surface area contributed by atoms with Crippen LogP contribution in [-0.2, 0) is 9.63 Å². The molecule has 0 spiro atoms. The average molecular weight is 279 g/mol. The Morgan fingerprint density at radius 2 is 2.15 bits per heavy atom. The van der Waals surface area contributed by atoms with Crippen molar-refractivity contribution in [2.45, 2.75) is 32.9 Å². The van der Waals surface area contributed by atoms with Gasteiger partial charge < -0.3 is 10.1 Å². The molecule has 5 heteroatoms. The molecule has 3 atom stereocenters. The van der Waals surface area contributed by atoms with Gasteiger partial charge in [-0.15, -0.1) is 0 Å². The van der Waals surface area contributed by atoms with Gasteiger partial charge in [-0.2, -0.15) is 0 Å². The van der Waals surface area contributed by atoms with Crippen molar-refractivity contribution < 1.29 is 14.4 Å². The fraction of sp³-hybridized carbons (Fsp3) is 0.533. The minimum absolute atomic E-state index is 0.141. The summed E-state index contributed by atoms with van der Waals surface area (Å²) < 4.78 is 5.50. The van der Waals surface area contributed by atoms with Crippen LogP contribution in [0.15, 0.2) is 24.3 Å². The van der Waals surface area contributed by atoms with Crippen LogP contribution >= 0.6 is 0 Å². The minimum Gasteiger partial charge on any atom is -0.497 e. The predicted molar refractivity (Wildman–Crippen MR) is 78.3 cm³/mol. The van der Waals surface area contributed by atoms with Gasteiger partial charge in [0.15, 0.2) is 5.69 Å². The minimum atomic E-state index is -0.270. The highest BCUT2D eigenvalue weighted by atomic mass is 16.7. The van der Waals surface area contributed by atoms with Crippen molar-refractivity contribution in [2.24, 2.45) is 0 Å². The van der Waals surface area contributed by atoms with E-state index >= 15 is 0 Å². The number of methoxy groups -OCH3 is 1. The summed E-state index contributed by atoms with van der Waals surface area (Å²) in [6.07, 6.45) is 0. The maximum atomic E-state index is 11.6. The maximum absolute atomic E-state index is 11.6. The lowest BCUT2D eigenvalue weighted by atomic mass is 10.1. The van der Waals surface area contributed by atoms with E-state index < -0.39 is 0 Å². The summed E-state index contributed by atoms with van der Waals surface area (Å²) in [6.45, 7) is 7.14. The number of rotatable bonds is 3. The monoisotopic (exact) mass is 279 g/mol. The first-order chi connectivity index (χ1) is 9.48. The van der Waals surface area contributed by atoms with Crippen LogP contribution in [0.4, 0.5) is 5.69 Å². The largest absolute Gasteiger partial charge is 0.497 e. The number of piperazine rings is 1. The number of carbonyl (C=O) groups is 1. The summed E-state index contributed by atoms with van der Waals surface area (Å²) in [5.74, 6) is 0.499. The number of hydroxylamine groups is 2. The average Bonchev–Trinajstić information content (AvgIpc) is 2.42. The zero-order valence-corrected chi connectivity index (χ0v) is 12.6. The molecule has 1 aliphatic heterocycles.